The smallest absolute Gasteiger partial charge is 0.138 e. The highest BCUT2D eigenvalue weighted by Gasteiger charge is 2.14. The fourth-order valence-corrected chi connectivity index (χ4v) is 4.71. The molecule has 0 fully saturated rings. The molecule has 0 amide bonds. The van der Waals surface area contributed by atoms with Crippen LogP contribution in [0.15, 0.2) is 84.9 Å². The molecule has 1 heterocycles. The number of methoxy groups -OCH3 is 2. The van der Waals surface area contributed by atoms with Crippen LogP contribution in [-0.4, -0.2) is 14.2 Å². The second kappa shape index (κ2) is 10.6. The van der Waals surface area contributed by atoms with Gasteiger partial charge in [-0.1, -0.05) is 12.1 Å². The van der Waals surface area contributed by atoms with Crippen LogP contribution < -0.4 is 14.4 Å². The highest BCUT2D eigenvalue weighted by molar-refractivity contribution is 7.15. The van der Waals surface area contributed by atoms with Gasteiger partial charge in [-0.3, -0.25) is 0 Å². The second-order valence-electron chi connectivity index (χ2n) is 7.56. The molecule has 0 saturated heterocycles. The largest absolute Gasteiger partial charge is 0.497 e. The maximum absolute atomic E-state index is 9.05. The molecule has 0 saturated carbocycles. The van der Waals surface area contributed by atoms with Crippen molar-refractivity contribution in [2.75, 3.05) is 19.1 Å². The second-order valence-corrected chi connectivity index (χ2v) is 8.73. The number of hydrogen-bond donors (Lipinski definition) is 0. The Hall–Kier alpha value is -4.26. The van der Waals surface area contributed by atoms with Gasteiger partial charge in [-0.15, -0.1) is 11.3 Å². The van der Waals surface area contributed by atoms with E-state index in [9.17, 15) is 0 Å². The first-order valence-electron chi connectivity index (χ1n) is 10.7. The van der Waals surface area contributed by atoms with Crippen LogP contribution in [0, 0.1) is 28.6 Å². The Morgan fingerprint density at radius 3 is 1.62 bits per heavy atom. The minimum atomic E-state index is -0.614. The van der Waals surface area contributed by atoms with Crippen molar-refractivity contribution in [3.05, 3.63) is 89.8 Å². The molecule has 0 radical (unpaired) electrons. The van der Waals surface area contributed by atoms with E-state index in [0.717, 1.165) is 43.9 Å². The number of ether oxygens (including phenoxy) is 2. The summed E-state index contributed by atoms with van der Waals surface area (Å²) in [4.78, 5) is 4.31. The van der Waals surface area contributed by atoms with E-state index in [1.165, 1.54) is 0 Å². The Morgan fingerprint density at radius 2 is 1.18 bits per heavy atom. The monoisotopic (exact) mass is 465 g/mol. The van der Waals surface area contributed by atoms with Gasteiger partial charge in [0.05, 0.1) is 26.4 Å². The normalized spacial score (nSPS) is 10.4. The lowest BCUT2D eigenvalue weighted by Gasteiger charge is -2.26. The van der Waals surface area contributed by atoms with E-state index in [4.69, 9.17) is 20.0 Å². The zero-order chi connectivity index (χ0) is 23.9. The molecule has 0 atom stereocenters. The number of nitriles is 2. The number of thiophene rings is 1. The molecule has 6 heteroatoms. The van der Waals surface area contributed by atoms with E-state index < -0.39 is 5.92 Å². The van der Waals surface area contributed by atoms with Crippen LogP contribution >= 0.6 is 11.3 Å². The number of hydrogen-bond acceptors (Lipinski definition) is 6. The Labute approximate surface area is 203 Å². The summed E-state index contributed by atoms with van der Waals surface area (Å²) in [5.41, 5.74) is 4.13. The Morgan fingerprint density at radius 1 is 0.706 bits per heavy atom. The maximum Gasteiger partial charge on any atom is 0.138 e. The van der Waals surface area contributed by atoms with Crippen LogP contribution in [0.5, 0.6) is 11.5 Å². The van der Waals surface area contributed by atoms with Crippen LogP contribution in [0.25, 0.3) is 10.4 Å². The predicted molar refractivity (Wildman–Crippen MR) is 136 cm³/mol. The first kappa shape index (κ1) is 22.9. The summed E-state index contributed by atoms with van der Waals surface area (Å²) < 4.78 is 10.7. The molecule has 5 nitrogen and oxygen atoms in total. The maximum atomic E-state index is 9.05. The molecule has 4 aromatic rings. The van der Waals surface area contributed by atoms with Gasteiger partial charge >= 0.3 is 0 Å². The van der Waals surface area contributed by atoms with Crippen LogP contribution in [0.1, 0.15) is 4.88 Å². The molecule has 0 spiro atoms. The van der Waals surface area contributed by atoms with Crippen molar-refractivity contribution in [3.63, 3.8) is 0 Å². The zero-order valence-corrected chi connectivity index (χ0v) is 19.8. The van der Waals surface area contributed by atoms with Crippen molar-refractivity contribution in [1.82, 2.24) is 0 Å². The van der Waals surface area contributed by atoms with Gasteiger partial charge in [0.25, 0.3) is 0 Å². The van der Waals surface area contributed by atoms with Gasteiger partial charge < -0.3 is 14.4 Å². The van der Waals surface area contributed by atoms with Gasteiger partial charge in [0, 0.05) is 33.2 Å². The highest BCUT2D eigenvalue weighted by Crippen LogP contribution is 2.38. The molecule has 168 valence electrons. The minimum absolute atomic E-state index is 0.457. The van der Waals surface area contributed by atoms with E-state index in [1.807, 2.05) is 72.8 Å². The van der Waals surface area contributed by atoms with Gasteiger partial charge in [-0.25, -0.2) is 0 Å². The van der Waals surface area contributed by atoms with Crippen molar-refractivity contribution >= 4 is 28.4 Å². The Bertz CT molecular complexity index is 1250. The molecule has 0 bridgehead atoms. The van der Waals surface area contributed by atoms with E-state index in [-0.39, 0.29) is 0 Å². The zero-order valence-electron chi connectivity index (χ0n) is 18.9. The van der Waals surface area contributed by atoms with Crippen molar-refractivity contribution < 1.29 is 9.47 Å². The van der Waals surface area contributed by atoms with E-state index in [2.05, 4.69) is 29.2 Å². The van der Waals surface area contributed by atoms with Crippen LogP contribution in [0.3, 0.4) is 0 Å². The number of benzene rings is 3. The lowest BCUT2D eigenvalue weighted by Crippen LogP contribution is -2.09. The van der Waals surface area contributed by atoms with Crippen molar-refractivity contribution in [2.24, 2.45) is 5.92 Å². The standard InChI is InChI=1S/C28H23N3O2S/c1-32-25-11-7-23(8-12-25)31(24-9-13-26(33-2)14-10-24)22-5-3-21(4-6-22)28-16-15-27(34-28)17-20(18-29)19-30/h3-16,20H,17H2,1-2H3. The molecule has 1 aromatic heterocycles. The van der Waals surface area contributed by atoms with E-state index in [0.29, 0.717) is 6.42 Å². The van der Waals surface area contributed by atoms with Gasteiger partial charge in [-0.2, -0.15) is 10.5 Å². The lowest BCUT2D eigenvalue weighted by molar-refractivity contribution is 0.415. The number of anilines is 3. The SMILES string of the molecule is COc1ccc(N(c2ccc(OC)cc2)c2ccc(-c3ccc(CC(C#N)C#N)s3)cc2)cc1. The summed E-state index contributed by atoms with van der Waals surface area (Å²) in [7, 11) is 3.32. The van der Waals surface area contributed by atoms with Gasteiger partial charge in [0.2, 0.25) is 0 Å². The fourth-order valence-electron chi connectivity index (χ4n) is 3.65. The molecular formula is C28H23N3O2S. The minimum Gasteiger partial charge on any atom is -0.497 e. The molecular weight excluding hydrogens is 442 g/mol. The average molecular weight is 466 g/mol. The molecule has 3 aromatic carbocycles. The summed E-state index contributed by atoms with van der Waals surface area (Å²) in [6.07, 6.45) is 0.457. The third-order valence-corrected chi connectivity index (χ3v) is 6.61. The third-order valence-electron chi connectivity index (χ3n) is 5.45. The summed E-state index contributed by atoms with van der Waals surface area (Å²) in [5, 5.41) is 18.1. The molecule has 0 N–H and O–H groups in total. The van der Waals surface area contributed by atoms with Crippen molar-refractivity contribution in [1.29, 1.82) is 10.5 Å². The quantitative estimate of drug-likeness (QED) is 0.277. The number of nitrogens with zero attached hydrogens (tertiary/aromatic N) is 3. The Kier molecular flexibility index (Phi) is 7.13. The molecule has 0 unspecified atom stereocenters. The van der Waals surface area contributed by atoms with E-state index >= 15 is 0 Å². The van der Waals surface area contributed by atoms with Gasteiger partial charge in [0.15, 0.2) is 0 Å². The molecule has 34 heavy (non-hydrogen) atoms. The van der Waals surface area contributed by atoms with Gasteiger partial charge in [0.1, 0.15) is 17.4 Å². The van der Waals surface area contributed by atoms with Crippen molar-refractivity contribution in [2.45, 2.75) is 6.42 Å². The van der Waals surface area contributed by atoms with Crippen LogP contribution in [0.2, 0.25) is 0 Å². The predicted octanol–water partition coefficient (Wildman–Crippen LogP) is 7.11. The molecule has 0 aliphatic rings. The first-order chi connectivity index (χ1) is 16.6. The summed E-state index contributed by atoms with van der Waals surface area (Å²) in [6, 6.07) is 32.4. The van der Waals surface area contributed by atoms with Crippen LogP contribution in [-0.2, 0) is 6.42 Å². The highest BCUT2D eigenvalue weighted by atomic mass is 32.1. The van der Waals surface area contributed by atoms with E-state index in [1.54, 1.807) is 25.6 Å². The van der Waals surface area contributed by atoms with Gasteiger partial charge in [-0.05, 0) is 78.4 Å². The summed E-state index contributed by atoms with van der Waals surface area (Å²) in [6.45, 7) is 0. The molecule has 0 aliphatic carbocycles. The molecule has 0 aliphatic heterocycles. The van der Waals surface area contributed by atoms with Crippen molar-refractivity contribution in [3.8, 4) is 34.1 Å². The Balaban J connectivity index is 1.65. The number of rotatable bonds is 8. The summed E-state index contributed by atoms with van der Waals surface area (Å²) in [5.74, 6) is 0.992. The van der Waals surface area contributed by atoms with Crippen LogP contribution in [0.4, 0.5) is 17.1 Å². The summed E-state index contributed by atoms with van der Waals surface area (Å²) >= 11 is 1.62. The first-order valence-corrected chi connectivity index (χ1v) is 11.5. The topological polar surface area (TPSA) is 69.3 Å². The average Bonchev–Trinajstić information content (AvgIpc) is 3.37. The third kappa shape index (κ3) is 5.04. The molecule has 4 rings (SSSR count). The fraction of sp³-hybridized carbons (Fsp3) is 0.143. The lowest BCUT2D eigenvalue weighted by atomic mass is 10.1.